The first-order chi connectivity index (χ1) is 8.90. The van der Waals surface area contributed by atoms with Crippen LogP contribution in [0.5, 0.6) is 0 Å². The van der Waals surface area contributed by atoms with Gasteiger partial charge in [-0.3, -0.25) is 4.68 Å². The molecule has 0 saturated carbocycles. The SMILES string of the molecule is CC(C)c1nn(C)c(Cl)c1C(O)Cc1cc(Br)cs1. The number of nitrogens with zero attached hydrogens (tertiary/aromatic N) is 2. The zero-order chi connectivity index (χ0) is 14.2. The van der Waals surface area contributed by atoms with Crippen LogP contribution in [-0.2, 0) is 13.5 Å². The van der Waals surface area contributed by atoms with E-state index in [0.29, 0.717) is 11.6 Å². The molecule has 0 aliphatic heterocycles. The molecule has 6 heteroatoms. The highest BCUT2D eigenvalue weighted by molar-refractivity contribution is 9.10. The fourth-order valence-corrected chi connectivity index (χ4v) is 3.78. The molecule has 2 rings (SSSR count). The van der Waals surface area contributed by atoms with Crippen LogP contribution in [0.4, 0.5) is 0 Å². The van der Waals surface area contributed by atoms with E-state index in [9.17, 15) is 5.11 Å². The third kappa shape index (κ3) is 3.21. The van der Waals surface area contributed by atoms with Crippen LogP contribution in [-0.4, -0.2) is 14.9 Å². The molecule has 0 aliphatic carbocycles. The van der Waals surface area contributed by atoms with E-state index in [-0.39, 0.29) is 5.92 Å². The quantitative estimate of drug-likeness (QED) is 0.879. The van der Waals surface area contributed by atoms with Crippen molar-refractivity contribution < 1.29 is 5.11 Å². The van der Waals surface area contributed by atoms with Crippen LogP contribution < -0.4 is 0 Å². The van der Waals surface area contributed by atoms with E-state index in [4.69, 9.17) is 11.6 Å². The van der Waals surface area contributed by atoms with Crippen LogP contribution in [0.15, 0.2) is 15.9 Å². The normalized spacial score (nSPS) is 13.2. The number of aromatic nitrogens is 2. The molecule has 3 nitrogen and oxygen atoms in total. The second-order valence-corrected chi connectivity index (χ2v) is 7.09. The van der Waals surface area contributed by atoms with Crippen LogP contribution >= 0.6 is 38.9 Å². The van der Waals surface area contributed by atoms with Gasteiger partial charge in [0.1, 0.15) is 5.15 Å². The van der Waals surface area contributed by atoms with E-state index in [1.807, 2.05) is 11.4 Å². The third-order valence-electron chi connectivity index (χ3n) is 2.94. The molecule has 0 saturated heterocycles. The van der Waals surface area contributed by atoms with Crippen molar-refractivity contribution in [1.29, 1.82) is 0 Å². The Hall–Kier alpha value is -0.360. The summed E-state index contributed by atoms with van der Waals surface area (Å²) in [7, 11) is 1.80. The highest BCUT2D eigenvalue weighted by Crippen LogP contribution is 2.33. The Morgan fingerprint density at radius 3 is 2.74 bits per heavy atom. The Bertz CT molecular complexity index is 579. The minimum absolute atomic E-state index is 0.235. The molecule has 0 fully saturated rings. The fourth-order valence-electron chi connectivity index (χ4n) is 2.03. The maximum Gasteiger partial charge on any atom is 0.132 e. The van der Waals surface area contributed by atoms with Crippen molar-refractivity contribution in [2.24, 2.45) is 7.05 Å². The van der Waals surface area contributed by atoms with Gasteiger partial charge >= 0.3 is 0 Å². The second kappa shape index (κ2) is 5.95. The Labute approximate surface area is 130 Å². The van der Waals surface area contributed by atoms with Gasteiger partial charge in [0.05, 0.1) is 11.8 Å². The summed E-state index contributed by atoms with van der Waals surface area (Å²) >= 11 is 11.3. The number of thiophene rings is 1. The van der Waals surface area contributed by atoms with Gasteiger partial charge in [-0.2, -0.15) is 5.10 Å². The Balaban J connectivity index is 2.30. The number of hydrogen-bond acceptors (Lipinski definition) is 3. The number of halogens is 2. The molecule has 0 spiro atoms. The van der Waals surface area contributed by atoms with Gasteiger partial charge in [-0.25, -0.2) is 0 Å². The minimum atomic E-state index is -0.621. The van der Waals surface area contributed by atoms with Crippen LogP contribution in [0.2, 0.25) is 5.15 Å². The molecule has 104 valence electrons. The van der Waals surface area contributed by atoms with Crippen molar-refractivity contribution in [3.8, 4) is 0 Å². The lowest BCUT2D eigenvalue weighted by Crippen LogP contribution is -2.04. The van der Waals surface area contributed by atoms with Crippen LogP contribution in [0, 0.1) is 0 Å². The van der Waals surface area contributed by atoms with Gasteiger partial charge in [0, 0.05) is 33.8 Å². The molecule has 1 unspecified atom stereocenters. The van der Waals surface area contributed by atoms with E-state index in [0.717, 1.165) is 20.6 Å². The lowest BCUT2D eigenvalue weighted by Gasteiger charge is -2.12. The van der Waals surface area contributed by atoms with Crippen LogP contribution in [0.1, 0.15) is 42.0 Å². The molecular weight excluding hydrogens is 348 g/mol. The van der Waals surface area contributed by atoms with Crippen molar-refractivity contribution in [2.45, 2.75) is 32.3 Å². The molecule has 2 heterocycles. The van der Waals surface area contributed by atoms with Crippen molar-refractivity contribution >= 4 is 38.9 Å². The maximum absolute atomic E-state index is 10.5. The molecule has 0 aromatic carbocycles. The number of rotatable bonds is 4. The van der Waals surface area contributed by atoms with Crippen molar-refractivity contribution in [3.05, 3.63) is 37.2 Å². The van der Waals surface area contributed by atoms with Crippen LogP contribution in [0.25, 0.3) is 0 Å². The van der Waals surface area contributed by atoms with Gasteiger partial charge in [0.25, 0.3) is 0 Å². The number of hydrogen-bond donors (Lipinski definition) is 1. The summed E-state index contributed by atoms with van der Waals surface area (Å²) in [6.07, 6.45) is -0.0642. The molecule has 2 aromatic heterocycles. The fraction of sp³-hybridized carbons (Fsp3) is 0.462. The average molecular weight is 364 g/mol. The highest BCUT2D eigenvalue weighted by Gasteiger charge is 2.24. The smallest absolute Gasteiger partial charge is 0.132 e. The van der Waals surface area contributed by atoms with Crippen molar-refractivity contribution in [3.63, 3.8) is 0 Å². The highest BCUT2D eigenvalue weighted by atomic mass is 79.9. The average Bonchev–Trinajstić information content (AvgIpc) is 2.84. The Morgan fingerprint density at radius 2 is 2.21 bits per heavy atom. The zero-order valence-electron chi connectivity index (χ0n) is 11.0. The van der Waals surface area contributed by atoms with Gasteiger partial charge in [-0.05, 0) is 27.9 Å². The maximum atomic E-state index is 10.5. The predicted octanol–water partition coefficient (Wildman–Crippen LogP) is 4.30. The number of aliphatic hydroxyl groups is 1. The lowest BCUT2D eigenvalue weighted by molar-refractivity contribution is 0.178. The molecule has 0 bridgehead atoms. The van der Waals surface area contributed by atoms with E-state index in [1.54, 1.807) is 23.1 Å². The standard InChI is InChI=1S/C13H16BrClN2OS/c1-7(2)12-11(13(15)17(3)16-12)10(18)5-9-4-8(14)6-19-9/h4,6-7,10,18H,5H2,1-3H3. The van der Waals surface area contributed by atoms with Crippen LogP contribution in [0.3, 0.4) is 0 Å². The minimum Gasteiger partial charge on any atom is -0.388 e. The molecule has 0 aliphatic rings. The lowest BCUT2D eigenvalue weighted by atomic mass is 10.00. The Kier molecular flexibility index (Phi) is 4.71. The van der Waals surface area contributed by atoms with Gasteiger partial charge in [0.15, 0.2) is 0 Å². The van der Waals surface area contributed by atoms with E-state index < -0.39 is 6.10 Å². The molecule has 1 N–H and O–H groups in total. The molecule has 19 heavy (non-hydrogen) atoms. The summed E-state index contributed by atoms with van der Waals surface area (Å²) < 4.78 is 2.67. The summed E-state index contributed by atoms with van der Waals surface area (Å²) in [5.74, 6) is 0.235. The summed E-state index contributed by atoms with van der Waals surface area (Å²) in [5.41, 5.74) is 1.62. The zero-order valence-corrected chi connectivity index (χ0v) is 14.2. The summed E-state index contributed by atoms with van der Waals surface area (Å²) in [5, 5.41) is 17.4. The van der Waals surface area contributed by atoms with Gasteiger partial charge in [-0.1, -0.05) is 25.4 Å². The first kappa shape index (κ1) is 15.0. The van der Waals surface area contributed by atoms with Gasteiger partial charge in [0.2, 0.25) is 0 Å². The molecular formula is C13H16BrClN2OS. The third-order valence-corrected chi connectivity index (χ3v) is 5.10. The Morgan fingerprint density at radius 1 is 1.53 bits per heavy atom. The molecule has 1 atom stereocenters. The van der Waals surface area contributed by atoms with E-state index in [1.165, 1.54) is 0 Å². The first-order valence-corrected chi connectivity index (χ1v) is 8.08. The van der Waals surface area contributed by atoms with Crippen molar-refractivity contribution in [1.82, 2.24) is 9.78 Å². The monoisotopic (exact) mass is 362 g/mol. The first-order valence-electron chi connectivity index (χ1n) is 6.03. The van der Waals surface area contributed by atoms with E-state index >= 15 is 0 Å². The van der Waals surface area contributed by atoms with Gasteiger partial charge < -0.3 is 5.11 Å². The predicted molar refractivity (Wildman–Crippen MR) is 83.0 cm³/mol. The largest absolute Gasteiger partial charge is 0.388 e. The van der Waals surface area contributed by atoms with Crippen molar-refractivity contribution in [2.75, 3.05) is 0 Å². The summed E-state index contributed by atoms with van der Waals surface area (Å²) in [6.45, 7) is 4.10. The number of aryl methyl sites for hydroxylation is 1. The second-order valence-electron chi connectivity index (χ2n) is 4.82. The van der Waals surface area contributed by atoms with E-state index in [2.05, 4.69) is 34.9 Å². The molecule has 2 aromatic rings. The summed E-state index contributed by atoms with van der Waals surface area (Å²) in [6, 6.07) is 2.02. The topological polar surface area (TPSA) is 38.0 Å². The molecule has 0 amide bonds. The van der Waals surface area contributed by atoms with Gasteiger partial charge in [-0.15, -0.1) is 11.3 Å². The number of aliphatic hydroxyl groups excluding tert-OH is 1. The molecule has 0 radical (unpaired) electrons. The summed E-state index contributed by atoms with van der Waals surface area (Å²) in [4.78, 5) is 1.12.